The molecule has 0 bridgehead atoms. The van der Waals surface area contributed by atoms with Gasteiger partial charge in [0.05, 0.1) is 0 Å². The van der Waals surface area contributed by atoms with Crippen molar-refractivity contribution in [2.24, 2.45) is 0 Å². The lowest BCUT2D eigenvalue weighted by molar-refractivity contribution is 0.101. The number of ketones is 1. The number of pyridine rings is 1. The molecule has 0 fully saturated rings. The van der Waals surface area contributed by atoms with Crippen LogP contribution in [0.3, 0.4) is 0 Å². The van der Waals surface area contributed by atoms with E-state index < -0.39 is 0 Å². The first kappa shape index (κ1) is 11.3. The minimum absolute atomic E-state index is 0.000365. The number of hydrogen-bond donors (Lipinski definition) is 0. The highest BCUT2D eigenvalue weighted by atomic mass is 16.5. The van der Waals surface area contributed by atoms with Gasteiger partial charge in [0.2, 0.25) is 5.88 Å². The summed E-state index contributed by atoms with van der Waals surface area (Å²) in [5, 5.41) is 0. The largest absolute Gasteiger partial charge is 0.439 e. The van der Waals surface area contributed by atoms with Crippen molar-refractivity contribution in [3.05, 3.63) is 53.7 Å². The highest BCUT2D eigenvalue weighted by Gasteiger charge is 2.02. The number of aryl methyl sites for hydroxylation is 1. The lowest BCUT2D eigenvalue weighted by Gasteiger charge is -2.05. The van der Waals surface area contributed by atoms with Crippen molar-refractivity contribution >= 4 is 5.78 Å². The van der Waals surface area contributed by atoms with Crippen molar-refractivity contribution in [3.63, 3.8) is 0 Å². The maximum Gasteiger partial charge on any atom is 0.219 e. The van der Waals surface area contributed by atoms with Gasteiger partial charge in [0.25, 0.3) is 0 Å². The molecular formula is C14H13NO2. The summed E-state index contributed by atoms with van der Waals surface area (Å²) in [4.78, 5) is 15.2. The number of ether oxygens (including phenoxy) is 1. The van der Waals surface area contributed by atoms with E-state index in [1.165, 1.54) is 13.1 Å². The van der Waals surface area contributed by atoms with Gasteiger partial charge in [-0.15, -0.1) is 0 Å². The third-order valence-electron chi connectivity index (χ3n) is 2.35. The minimum atomic E-state index is -0.000365. The van der Waals surface area contributed by atoms with E-state index >= 15 is 0 Å². The highest BCUT2D eigenvalue weighted by molar-refractivity contribution is 5.93. The van der Waals surface area contributed by atoms with Crippen LogP contribution in [0.1, 0.15) is 22.8 Å². The van der Waals surface area contributed by atoms with Gasteiger partial charge < -0.3 is 4.74 Å². The summed E-state index contributed by atoms with van der Waals surface area (Å²) < 4.78 is 5.57. The number of nitrogens with zero attached hydrogens (tertiary/aromatic N) is 1. The molecule has 0 amide bonds. The number of hydrogen-bond acceptors (Lipinski definition) is 3. The van der Waals surface area contributed by atoms with E-state index in [0.717, 1.165) is 11.3 Å². The first-order chi connectivity index (χ1) is 8.15. The Kier molecular flexibility index (Phi) is 3.19. The Bertz CT molecular complexity index is 532. The lowest BCUT2D eigenvalue weighted by Crippen LogP contribution is -1.94. The predicted molar refractivity (Wildman–Crippen MR) is 65.5 cm³/mol. The number of Topliss-reactive ketones (excluding diaryl/α,β-unsaturated/α-hetero) is 1. The van der Waals surface area contributed by atoms with Crippen molar-refractivity contribution in [1.82, 2.24) is 4.98 Å². The van der Waals surface area contributed by atoms with Crippen LogP contribution in [0, 0.1) is 6.92 Å². The molecule has 0 N–H and O–H groups in total. The summed E-state index contributed by atoms with van der Waals surface area (Å²) in [6.45, 7) is 3.51. The Balaban J connectivity index is 2.16. The fraction of sp³-hybridized carbons (Fsp3) is 0.143. The molecule has 0 spiro atoms. The average Bonchev–Trinajstić information content (AvgIpc) is 2.29. The van der Waals surface area contributed by atoms with Crippen LogP contribution in [-0.2, 0) is 0 Å². The highest BCUT2D eigenvalue weighted by Crippen LogP contribution is 2.20. The molecule has 3 nitrogen and oxygen atoms in total. The van der Waals surface area contributed by atoms with Crippen molar-refractivity contribution in [2.45, 2.75) is 13.8 Å². The SMILES string of the molecule is CC(=O)c1ccc(Oc2cccc(C)c2)nc1. The summed E-state index contributed by atoms with van der Waals surface area (Å²) in [5.74, 6) is 1.23. The molecule has 0 radical (unpaired) electrons. The van der Waals surface area contributed by atoms with E-state index in [-0.39, 0.29) is 5.78 Å². The third-order valence-corrected chi connectivity index (χ3v) is 2.35. The third kappa shape index (κ3) is 2.91. The normalized spacial score (nSPS) is 10.0. The molecule has 3 heteroatoms. The molecule has 1 aromatic carbocycles. The Morgan fingerprint density at radius 3 is 2.65 bits per heavy atom. The number of aromatic nitrogens is 1. The van der Waals surface area contributed by atoms with Gasteiger partial charge in [0.1, 0.15) is 5.75 Å². The Morgan fingerprint density at radius 2 is 2.06 bits per heavy atom. The van der Waals surface area contributed by atoms with Crippen molar-refractivity contribution < 1.29 is 9.53 Å². The van der Waals surface area contributed by atoms with Gasteiger partial charge in [0.15, 0.2) is 5.78 Å². The molecule has 0 saturated heterocycles. The van der Waals surface area contributed by atoms with Crippen LogP contribution in [0.15, 0.2) is 42.6 Å². The monoisotopic (exact) mass is 227 g/mol. The second-order valence-corrected chi connectivity index (χ2v) is 3.86. The minimum Gasteiger partial charge on any atom is -0.439 e. The molecule has 2 aromatic rings. The molecule has 0 aliphatic rings. The number of benzene rings is 1. The average molecular weight is 227 g/mol. The van der Waals surface area contributed by atoms with Crippen LogP contribution in [0.4, 0.5) is 0 Å². The lowest BCUT2D eigenvalue weighted by atomic mass is 10.2. The van der Waals surface area contributed by atoms with E-state index in [4.69, 9.17) is 4.74 Å². The van der Waals surface area contributed by atoms with Crippen LogP contribution in [-0.4, -0.2) is 10.8 Å². The summed E-state index contributed by atoms with van der Waals surface area (Å²) >= 11 is 0. The molecule has 0 aliphatic carbocycles. The van der Waals surface area contributed by atoms with Crippen LogP contribution < -0.4 is 4.74 Å². The molecule has 0 saturated carbocycles. The molecule has 17 heavy (non-hydrogen) atoms. The van der Waals surface area contributed by atoms with Crippen molar-refractivity contribution in [2.75, 3.05) is 0 Å². The van der Waals surface area contributed by atoms with Crippen LogP contribution in [0.5, 0.6) is 11.6 Å². The van der Waals surface area contributed by atoms with Gasteiger partial charge in [0, 0.05) is 17.8 Å². The first-order valence-corrected chi connectivity index (χ1v) is 5.36. The summed E-state index contributed by atoms with van der Waals surface area (Å²) in [6, 6.07) is 11.1. The molecular weight excluding hydrogens is 214 g/mol. The van der Waals surface area contributed by atoms with E-state index in [2.05, 4.69) is 4.98 Å². The number of carbonyl (C=O) groups is 1. The zero-order valence-electron chi connectivity index (χ0n) is 9.81. The molecule has 0 atom stereocenters. The number of carbonyl (C=O) groups excluding carboxylic acids is 1. The fourth-order valence-corrected chi connectivity index (χ4v) is 1.45. The van der Waals surface area contributed by atoms with Gasteiger partial charge in [-0.25, -0.2) is 4.98 Å². The van der Waals surface area contributed by atoms with E-state index in [1.807, 2.05) is 31.2 Å². The maximum atomic E-state index is 11.1. The van der Waals surface area contributed by atoms with Gasteiger partial charge in [-0.1, -0.05) is 12.1 Å². The zero-order chi connectivity index (χ0) is 12.3. The quantitative estimate of drug-likeness (QED) is 0.754. The molecule has 1 heterocycles. The van der Waals surface area contributed by atoms with Gasteiger partial charge >= 0.3 is 0 Å². The van der Waals surface area contributed by atoms with E-state index in [1.54, 1.807) is 12.1 Å². The molecule has 86 valence electrons. The van der Waals surface area contributed by atoms with Gasteiger partial charge in [-0.3, -0.25) is 4.79 Å². The summed E-state index contributed by atoms with van der Waals surface area (Å²) in [7, 11) is 0. The topological polar surface area (TPSA) is 39.2 Å². The zero-order valence-corrected chi connectivity index (χ0v) is 9.81. The van der Waals surface area contributed by atoms with Crippen LogP contribution in [0.2, 0.25) is 0 Å². The fourth-order valence-electron chi connectivity index (χ4n) is 1.45. The number of rotatable bonds is 3. The van der Waals surface area contributed by atoms with Gasteiger partial charge in [-0.05, 0) is 37.6 Å². The van der Waals surface area contributed by atoms with E-state index in [0.29, 0.717) is 11.4 Å². The van der Waals surface area contributed by atoms with E-state index in [9.17, 15) is 4.79 Å². The molecule has 2 rings (SSSR count). The van der Waals surface area contributed by atoms with Crippen molar-refractivity contribution in [1.29, 1.82) is 0 Å². The second kappa shape index (κ2) is 4.78. The Labute approximate surface area is 100 Å². The van der Waals surface area contributed by atoms with Crippen LogP contribution >= 0.6 is 0 Å². The summed E-state index contributed by atoms with van der Waals surface area (Å²) in [5.41, 5.74) is 1.71. The molecule has 0 unspecified atom stereocenters. The van der Waals surface area contributed by atoms with Gasteiger partial charge in [-0.2, -0.15) is 0 Å². The Morgan fingerprint density at radius 1 is 1.24 bits per heavy atom. The molecule has 1 aromatic heterocycles. The van der Waals surface area contributed by atoms with Crippen molar-refractivity contribution in [3.8, 4) is 11.6 Å². The Hall–Kier alpha value is -2.16. The standard InChI is InChI=1S/C14H13NO2/c1-10-4-3-5-13(8-10)17-14-7-6-12(9-15-14)11(2)16/h3-9H,1-2H3. The van der Waals surface area contributed by atoms with Crippen LogP contribution in [0.25, 0.3) is 0 Å². The smallest absolute Gasteiger partial charge is 0.219 e. The maximum absolute atomic E-state index is 11.1. The second-order valence-electron chi connectivity index (χ2n) is 3.86. The molecule has 0 aliphatic heterocycles. The first-order valence-electron chi connectivity index (χ1n) is 5.36. The summed E-state index contributed by atoms with van der Waals surface area (Å²) in [6.07, 6.45) is 1.52. The predicted octanol–water partition coefficient (Wildman–Crippen LogP) is 3.38.